The maximum Gasteiger partial charge on any atom is 0.600 e. The van der Waals surface area contributed by atoms with Crippen LogP contribution >= 0.6 is 10.5 Å². The van der Waals surface area contributed by atoms with Crippen LogP contribution in [0.2, 0.25) is 0 Å². The first kappa shape index (κ1) is 23.0. The zero-order chi connectivity index (χ0) is 21.3. The molecule has 1 aromatic carbocycles. The van der Waals surface area contributed by atoms with Crippen LogP contribution in [0.5, 0.6) is 0 Å². The van der Waals surface area contributed by atoms with Gasteiger partial charge in [-0.05, 0) is 37.0 Å². The summed E-state index contributed by atoms with van der Waals surface area (Å²) in [7, 11) is -7.79. The Labute approximate surface area is 161 Å². The van der Waals surface area contributed by atoms with E-state index in [4.69, 9.17) is 13.0 Å². The maximum atomic E-state index is 13.5. The van der Waals surface area contributed by atoms with Crippen LogP contribution in [0.25, 0.3) is 10.1 Å². The number of rotatable bonds is 2. The summed E-state index contributed by atoms with van der Waals surface area (Å²) in [6.07, 6.45) is 4.82. The second kappa shape index (κ2) is 8.19. The van der Waals surface area contributed by atoms with Crippen LogP contribution in [0.4, 0.5) is 26.3 Å². The van der Waals surface area contributed by atoms with Crippen molar-refractivity contribution in [1.29, 1.82) is 0 Å². The third kappa shape index (κ3) is 5.18. The molecule has 3 rings (SSSR count). The molecule has 2 aromatic rings. The minimum absolute atomic E-state index is 0.137. The highest BCUT2D eigenvalue weighted by molar-refractivity contribution is 7.86. The third-order valence-corrected chi connectivity index (χ3v) is 7.27. The van der Waals surface area contributed by atoms with Crippen molar-refractivity contribution < 1.29 is 39.3 Å². The quantitative estimate of drug-likeness (QED) is 0.233. The van der Waals surface area contributed by atoms with Gasteiger partial charge >= 0.3 is 11.0 Å². The molecule has 1 fully saturated rings. The second-order valence-electron chi connectivity index (χ2n) is 6.41. The highest BCUT2D eigenvalue weighted by Crippen LogP contribution is 2.55. The molecule has 0 spiro atoms. The fourth-order valence-electron chi connectivity index (χ4n) is 3.21. The van der Waals surface area contributed by atoms with Crippen LogP contribution in [0, 0.1) is 0 Å². The zero-order valence-corrected chi connectivity index (χ0v) is 16.4. The highest BCUT2D eigenvalue weighted by atomic mass is 32.2. The predicted molar refractivity (Wildman–Crippen MR) is 94.1 cm³/mol. The minimum Gasteiger partial charge on any atom is -0.741 e. The lowest BCUT2D eigenvalue weighted by Crippen LogP contribution is -2.21. The molecule has 0 amide bonds. The first-order valence-electron chi connectivity index (χ1n) is 8.43. The summed E-state index contributed by atoms with van der Waals surface area (Å²) in [4.78, 5) is 0.637. The molecule has 1 saturated carbocycles. The number of aryl methyl sites for hydroxylation is 1. The molecule has 28 heavy (non-hydrogen) atoms. The van der Waals surface area contributed by atoms with E-state index in [1.54, 1.807) is 6.07 Å². The highest BCUT2D eigenvalue weighted by Gasteiger charge is 2.49. The van der Waals surface area contributed by atoms with E-state index in [0.717, 1.165) is 43.1 Å². The smallest absolute Gasteiger partial charge is 0.600 e. The lowest BCUT2D eigenvalue weighted by atomic mass is 10.1. The lowest BCUT2D eigenvalue weighted by molar-refractivity contribution is -0.0868. The summed E-state index contributed by atoms with van der Waals surface area (Å²) >= 11 is 0. The maximum absolute atomic E-state index is 13.5. The number of hydrogen-bond acceptors (Lipinski definition) is 3. The SMILES string of the molecule is CCc1ccc2c(c1)cc(C1CCCC1)[s+]2C(F)(F)F.O=S(=O)([O-])C(F)(F)F. The van der Waals surface area contributed by atoms with Crippen molar-refractivity contribution in [2.45, 2.75) is 56.0 Å². The monoisotopic (exact) mass is 448 g/mol. The Kier molecular flexibility index (Phi) is 6.72. The molecule has 158 valence electrons. The molecule has 0 saturated heterocycles. The largest absolute Gasteiger partial charge is 0.741 e. The molecule has 11 heteroatoms. The van der Waals surface area contributed by atoms with Gasteiger partial charge in [0.15, 0.2) is 19.7 Å². The van der Waals surface area contributed by atoms with Crippen molar-refractivity contribution in [3.05, 3.63) is 34.7 Å². The fraction of sp³-hybridized carbons (Fsp3) is 0.529. The Morgan fingerprint density at radius 1 is 1.07 bits per heavy atom. The summed E-state index contributed by atoms with van der Waals surface area (Å²) in [5.41, 5.74) is -8.68. The minimum atomic E-state index is -6.09. The van der Waals surface area contributed by atoms with Gasteiger partial charge in [0.05, 0.1) is 10.5 Å². The Hall–Kier alpha value is -1.33. The average molecular weight is 448 g/mol. The molecule has 1 aliphatic rings. The van der Waals surface area contributed by atoms with Crippen molar-refractivity contribution in [3.63, 3.8) is 0 Å². The predicted octanol–water partition coefficient (Wildman–Crippen LogP) is 6.34. The van der Waals surface area contributed by atoms with Crippen molar-refractivity contribution >= 4 is 30.7 Å². The van der Waals surface area contributed by atoms with E-state index in [2.05, 4.69) is 0 Å². The molecule has 0 N–H and O–H groups in total. The van der Waals surface area contributed by atoms with Gasteiger partial charge in [0.25, 0.3) is 0 Å². The van der Waals surface area contributed by atoms with Gasteiger partial charge in [0, 0.05) is 17.4 Å². The van der Waals surface area contributed by atoms with Crippen LogP contribution in [0.1, 0.15) is 49.0 Å². The summed E-state index contributed by atoms with van der Waals surface area (Å²) < 4.78 is 99.9. The molecule has 0 radical (unpaired) electrons. The molecule has 1 unspecified atom stereocenters. The Balaban J connectivity index is 0.000000300. The molecular formula is C17H18F6O3S2. The Bertz CT molecular complexity index is 923. The van der Waals surface area contributed by atoms with E-state index >= 15 is 0 Å². The molecule has 3 nitrogen and oxygen atoms in total. The van der Waals surface area contributed by atoms with Gasteiger partial charge in [0.1, 0.15) is 0 Å². The van der Waals surface area contributed by atoms with Gasteiger partial charge in [0.2, 0.25) is 0 Å². The molecule has 0 aliphatic heterocycles. The zero-order valence-electron chi connectivity index (χ0n) is 14.7. The normalized spacial score (nSPS) is 16.9. The molecule has 1 heterocycles. The number of fused-ring (bicyclic) bond motifs is 1. The summed E-state index contributed by atoms with van der Waals surface area (Å²) in [6, 6.07) is 7.31. The fourth-order valence-corrected chi connectivity index (χ4v) is 5.35. The van der Waals surface area contributed by atoms with E-state index in [0.29, 0.717) is 9.58 Å². The van der Waals surface area contributed by atoms with Gasteiger partial charge in [-0.25, -0.2) is 8.42 Å². The molecule has 1 aromatic heterocycles. The number of benzene rings is 1. The summed E-state index contributed by atoms with van der Waals surface area (Å²) in [5.74, 6) is 0.137. The Morgan fingerprint density at radius 2 is 1.61 bits per heavy atom. The van der Waals surface area contributed by atoms with Crippen LogP contribution in [0.3, 0.4) is 0 Å². The van der Waals surface area contributed by atoms with Crippen LogP contribution in [0.15, 0.2) is 24.3 Å². The van der Waals surface area contributed by atoms with Crippen molar-refractivity contribution in [2.75, 3.05) is 0 Å². The average Bonchev–Trinajstić information content (AvgIpc) is 3.19. The number of thiophene rings is 1. The van der Waals surface area contributed by atoms with E-state index < -0.39 is 31.6 Å². The van der Waals surface area contributed by atoms with E-state index in [9.17, 15) is 26.3 Å². The van der Waals surface area contributed by atoms with E-state index in [-0.39, 0.29) is 5.92 Å². The second-order valence-corrected chi connectivity index (χ2v) is 9.76. The first-order chi connectivity index (χ1) is 12.8. The van der Waals surface area contributed by atoms with Crippen molar-refractivity contribution in [2.24, 2.45) is 0 Å². The van der Waals surface area contributed by atoms with Gasteiger partial charge in [-0.2, -0.15) is 13.2 Å². The van der Waals surface area contributed by atoms with Gasteiger partial charge in [-0.1, -0.05) is 25.8 Å². The Morgan fingerprint density at radius 3 is 2.04 bits per heavy atom. The molecular weight excluding hydrogens is 430 g/mol. The van der Waals surface area contributed by atoms with Gasteiger partial charge < -0.3 is 4.55 Å². The third-order valence-electron chi connectivity index (χ3n) is 4.51. The number of hydrogen-bond donors (Lipinski definition) is 0. The lowest BCUT2D eigenvalue weighted by Gasteiger charge is -2.08. The van der Waals surface area contributed by atoms with Gasteiger partial charge in [-0.3, -0.25) is 0 Å². The molecule has 1 aliphatic carbocycles. The number of halogens is 6. The summed E-state index contributed by atoms with van der Waals surface area (Å²) in [6.45, 7) is 2.03. The molecule has 1 atom stereocenters. The topological polar surface area (TPSA) is 57.2 Å². The van der Waals surface area contributed by atoms with E-state index in [1.165, 1.54) is 0 Å². The standard InChI is InChI=1S/C16H18F3S.CHF3O3S/c1-2-11-7-8-14-13(9-11)10-15(12-5-3-4-6-12)20(14)16(17,18)19;2-1(3,4)8(5,6)7/h7-10,12H,2-6H2,1H3;(H,5,6,7)/q+1;/p-1. The van der Waals surface area contributed by atoms with Crippen LogP contribution in [-0.4, -0.2) is 18.5 Å². The molecule has 0 bridgehead atoms. The summed E-state index contributed by atoms with van der Waals surface area (Å²) in [5, 5.41) is 0.798. The van der Waals surface area contributed by atoms with Crippen molar-refractivity contribution in [3.8, 4) is 0 Å². The first-order valence-corrected chi connectivity index (χ1v) is 11.1. The van der Waals surface area contributed by atoms with Gasteiger partial charge in [-0.15, -0.1) is 13.2 Å². The van der Waals surface area contributed by atoms with Crippen LogP contribution < -0.4 is 0 Å². The van der Waals surface area contributed by atoms with Crippen LogP contribution in [-0.2, 0) is 22.0 Å². The van der Waals surface area contributed by atoms with E-state index in [1.807, 2.05) is 25.1 Å². The number of alkyl halides is 6. The van der Waals surface area contributed by atoms with Crippen molar-refractivity contribution in [1.82, 2.24) is 0 Å².